The Balaban J connectivity index is 1.84. The number of halogens is 1. The summed E-state index contributed by atoms with van der Waals surface area (Å²) in [6.07, 6.45) is 4.85. The predicted octanol–water partition coefficient (Wildman–Crippen LogP) is 1.67. The minimum absolute atomic E-state index is 0.0172. The van der Waals surface area contributed by atoms with Gasteiger partial charge in [0.05, 0.1) is 34.6 Å². The average Bonchev–Trinajstić information content (AvgIpc) is 3.32. The van der Waals surface area contributed by atoms with E-state index in [0.29, 0.717) is 22.5 Å². The molecule has 10 nitrogen and oxygen atoms in total. The standard InChI is InChI=1S/C20H24BrN6O4SSi/c1-12(31-33)8-22-19-24-17-15(18(28)27(19)11-13-9-23-26(3)10-13)6-14(7-16(17)21)32(29,30)25-20(2)4-5-20/h6-7,9-10,12,25H,4-5,8,11H2,1-3H3,(H,22,24)/t12-/m0/s1. The smallest absolute Gasteiger partial charge is 0.263 e. The second kappa shape index (κ2) is 8.95. The lowest BCUT2D eigenvalue weighted by Gasteiger charge is -2.18. The molecular formula is C20H24BrN6O4SSi. The van der Waals surface area contributed by atoms with Gasteiger partial charge in [-0.05, 0) is 54.8 Å². The molecule has 1 aliphatic rings. The van der Waals surface area contributed by atoms with Gasteiger partial charge in [0.1, 0.15) is 0 Å². The fourth-order valence-electron chi connectivity index (χ4n) is 3.38. The molecule has 0 bridgehead atoms. The van der Waals surface area contributed by atoms with Crippen LogP contribution in [-0.4, -0.2) is 56.4 Å². The molecule has 1 atom stereocenters. The van der Waals surface area contributed by atoms with Crippen molar-refractivity contribution < 1.29 is 12.8 Å². The molecule has 1 aromatic carbocycles. The Morgan fingerprint density at radius 1 is 1.36 bits per heavy atom. The maximum atomic E-state index is 13.6. The van der Waals surface area contributed by atoms with Gasteiger partial charge in [-0.25, -0.2) is 18.1 Å². The quantitative estimate of drug-likeness (QED) is 0.388. The van der Waals surface area contributed by atoms with E-state index in [-0.39, 0.29) is 28.5 Å². The summed E-state index contributed by atoms with van der Waals surface area (Å²) < 4.78 is 37.3. The summed E-state index contributed by atoms with van der Waals surface area (Å²) in [5.74, 6) is 0.340. The minimum atomic E-state index is -3.80. The highest BCUT2D eigenvalue weighted by Gasteiger charge is 2.41. The molecule has 2 N–H and O–H groups in total. The molecular weight excluding hydrogens is 528 g/mol. The molecule has 1 saturated carbocycles. The largest absolute Gasteiger partial charge is 0.414 e. The van der Waals surface area contributed by atoms with Gasteiger partial charge in [-0.3, -0.25) is 14.0 Å². The van der Waals surface area contributed by atoms with Crippen molar-refractivity contribution in [3.8, 4) is 0 Å². The monoisotopic (exact) mass is 551 g/mol. The molecule has 0 amide bonds. The predicted molar refractivity (Wildman–Crippen MR) is 129 cm³/mol. The lowest BCUT2D eigenvalue weighted by molar-refractivity contribution is 0.258. The molecule has 3 radical (unpaired) electrons. The Bertz CT molecular complexity index is 1370. The van der Waals surface area contributed by atoms with Crippen molar-refractivity contribution in [2.75, 3.05) is 11.9 Å². The highest BCUT2D eigenvalue weighted by atomic mass is 79.9. The van der Waals surface area contributed by atoms with E-state index in [0.717, 1.165) is 18.4 Å². The highest BCUT2D eigenvalue weighted by Crippen LogP contribution is 2.36. The molecule has 1 fully saturated rings. The highest BCUT2D eigenvalue weighted by molar-refractivity contribution is 9.10. The van der Waals surface area contributed by atoms with Crippen LogP contribution in [0.1, 0.15) is 32.3 Å². The van der Waals surface area contributed by atoms with Crippen molar-refractivity contribution >= 4 is 53.3 Å². The number of aryl methyl sites for hydroxylation is 1. The van der Waals surface area contributed by atoms with Crippen LogP contribution in [0.25, 0.3) is 10.9 Å². The second-order valence-electron chi connectivity index (χ2n) is 8.63. The van der Waals surface area contributed by atoms with Crippen molar-refractivity contribution in [3.63, 3.8) is 0 Å². The van der Waals surface area contributed by atoms with Gasteiger partial charge in [-0.1, -0.05) is 0 Å². The van der Waals surface area contributed by atoms with Crippen LogP contribution in [0.5, 0.6) is 0 Å². The summed E-state index contributed by atoms with van der Waals surface area (Å²) in [7, 11) is 1.02. The molecule has 0 aliphatic heterocycles. The van der Waals surface area contributed by atoms with Gasteiger partial charge in [-0.2, -0.15) is 5.10 Å². The van der Waals surface area contributed by atoms with Gasteiger partial charge in [0.15, 0.2) is 0 Å². The maximum Gasteiger partial charge on any atom is 0.263 e. The van der Waals surface area contributed by atoms with Crippen molar-refractivity contribution in [2.45, 2.75) is 49.8 Å². The molecule has 4 rings (SSSR count). The number of anilines is 1. The number of fused-ring (bicyclic) bond motifs is 1. The molecule has 33 heavy (non-hydrogen) atoms. The Kier molecular flexibility index (Phi) is 6.53. The zero-order valence-electron chi connectivity index (χ0n) is 18.4. The number of aromatic nitrogens is 4. The zero-order valence-corrected chi connectivity index (χ0v) is 21.8. The van der Waals surface area contributed by atoms with Crippen LogP contribution in [0.15, 0.2) is 38.7 Å². The van der Waals surface area contributed by atoms with Crippen LogP contribution in [-0.2, 0) is 28.0 Å². The van der Waals surface area contributed by atoms with Crippen LogP contribution >= 0.6 is 15.9 Å². The van der Waals surface area contributed by atoms with Crippen molar-refractivity contribution in [2.24, 2.45) is 7.05 Å². The topological polar surface area (TPSA) is 120 Å². The first-order valence-corrected chi connectivity index (χ1v) is 13.0. The number of rotatable bonds is 9. The summed E-state index contributed by atoms with van der Waals surface area (Å²) in [4.78, 5) is 18.2. The van der Waals surface area contributed by atoms with Gasteiger partial charge >= 0.3 is 0 Å². The first-order chi connectivity index (χ1) is 15.5. The van der Waals surface area contributed by atoms with Gasteiger partial charge < -0.3 is 9.74 Å². The SMILES string of the molecule is C[C@@H](CNc1nc2c(Br)cc(S(=O)(=O)NC3(C)CC3)cc2c(=O)n1Cc1cnn(C)c1)O[Si]. The lowest BCUT2D eigenvalue weighted by atomic mass is 10.2. The molecule has 0 spiro atoms. The molecule has 3 aromatic rings. The fraction of sp³-hybridized carbons (Fsp3) is 0.450. The van der Waals surface area contributed by atoms with Gasteiger partial charge in [-0.15, -0.1) is 0 Å². The Hall–Kier alpha value is -2.06. The number of nitrogens with zero attached hydrogens (tertiary/aromatic N) is 4. The van der Waals surface area contributed by atoms with Crippen LogP contribution < -0.4 is 15.6 Å². The van der Waals surface area contributed by atoms with Crippen LogP contribution in [0.3, 0.4) is 0 Å². The summed E-state index contributed by atoms with van der Waals surface area (Å²) >= 11 is 3.42. The van der Waals surface area contributed by atoms with Gasteiger partial charge in [0.2, 0.25) is 26.5 Å². The number of benzene rings is 1. The summed E-state index contributed by atoms with van der Waals surface area (Å²) in [5, 5.41) is 7.51. The van der Waals surface area contributed by atoms with Crippen molar-refractivity contribution in [1.29, 1.82) is 0 Å². The molecule has 13 heteroatoms. The third-order valence-corrected chi connectivity index (χ3v) is 8.15. The number of hydrogen-bond donors (Lipinski definition) is 2. The van der Waals surface area contributed by atoms with Gasteiger partial charge in [0, 0.05) is 35.4 Å². The molecule has 0 unspecified atom stereocenters. The van der Waals surface area contributed by atoms with Crippen LogP contribution in [0.4, 0.5) is 5.95 Å². The Morgan fingerprint density at radius 3 is 2.70 bits per heavy atom. The van der Waals surface area contributed by atoms with E-state index in [2.05, 4.69) is 46.5 Å². The third kappa shape index (κ3) is 5.21. The minimum Gasteiger partial charge on any atom is -0.414 e. The summed E-state index contributed by atoms with van der Waals surface area (Å²) in [5.41, 5.74) is 0.377. The van der Waals surface area contributed by atoms with Crippen molar-refractivity contribution in [3.05, 3.63) is 44.9 Å². The molecule has 2 heterocycles. The van der Waals surface area contributed by atoms with E-state index in [1.165, 1.54) is 16.7 Å². The Labute approximate surface area is 203 Å². The number of sulfonamides is 1. The summed E-state index contributed by atoms with van der Waals surface area (Å²) in [6, 6.07) is 2.86. The molecule has 2 aromatic heterocycles. The maximum absolute atomic E-state index is 13.6. The van der Waals surface area contributed by atoms with E-state index in [1.807, 2.05) is 13.8 Å². The number of nitrogens with one attached hydrogen (secondary N) is 2. The molecule has 175 valence electrons. The first kappa shape index (κ1) is 24.1. The third-order valence-electron chi connectivity index (χ3n) is 5.52. The first-order valence-electron chi connectivity index (χ1n) is 10.3. The Morgan fingerprint density at radius 2 is 2.09 bits per heavy atom. The van der Waals surface area contributed by atoms with E-state index >= 15 is 0 Å². The van der Waals surface area contributed by atoms with Crippen molar-refractivity contribution in [1.82, 2.24) is 24.1 Å². The normalized spacial score (nSPS) is 16.2. The van der Waals surface area contributed by atoms with Gasteiger partial charge in [0.25, 0.3) is 5.56 Å². The van der Waals surface area contributed by atoms with Crippen LogP contribution in [0, 0.1) is 0 Å². The molecule has 0 saturated heterocycles. The van der Waals surface area contributed by atoms with E-state index in [1.54, 1.807) is 24.1 Å². The summed E-state index contributed by atoms with van der Waals surface area (Å²) in [6.45, 7) is 4.32. The second-order valence-corrected chi connectivity index (χ2v) is 11.4. The average molecular weight is 553 g/mol. The zero-order chi connectivity index (χ0) is 24.0. The fourth-order valence-corrected chi connectivity index (χ4v) is 5.68. The molecule has 1 aliphatic carbocycles. The van der Waals surface area contributed by atoms with E-state index in [4.69, 9.17) is 4.43 Å². The van der Waals surface area contributed by atoms with Crippen LogP contribution in [0.2, 0.25) is 0 Å². The lowest BCUT2D eigenvalue weighted by Crippen LogP contribution is -2.34. The number of hydrogen-bond acceptors (Lipinski definition) is 7. The van der Waals surface area contributed by atoms with E-state index < -0.39 is 15.6 Å². The van der Waals surface area contributed by atoms with E-state index in [9.17, 15) is 13.2 Å².